The van der Waals surface area contributed by atoms with Gasteiger partial charge in [-0.2, -0.15) is 0 Å². The van der Waals surface area contributed by atoms with Crippen LogP contribution < -0.4 is 16.6 Å². The highest BCUT2D eigenvalue weighted by molar-refractivity contribution is 6.42. The van der Waals surface area contributed by atoms with Crippen molar-refractivity contribution in [3.63, 3.8) is 0 Å². The maximum atomic E-state index is 13.3. The highest BCUT2D eigenvalue weighted by Gasteiger charge is 2.32. The summed E-state index contributed by atoms with van der Waals surface area (Å²) in [6.07, 6.45) is 0. The van der Waals surface area contributed by atoms with Gasteiger partial charge in [0, 0.05) is 50.2 Å². The first-order valence-corrected chi connectivity index (χ1v) is 12.9. The summed E-state index contributed by atoms with van der Waals surface area (Å²) >= 11 is 12.0. The Kier molecular flexibility index (Phi) is 11.1. The van der Waals surface area contributed by atoms with Crippen molar-refractivity contribution in [1.82, 2.24) is 20.5 Å². The number of fused-ring (bicyclic) bond motifs is 1. The molecule has 0 atom stereocenters. The molecule has 38 heavy (non-hydrogen) atoms. The van der Waals surface area contributed by atoms with E-state index in [1.165, 1.54) is 10.6 Å². The summed E-state index contributed by atoms with van der Waals surface area (Å²) in [5.41, 5.74) is 0.312. The second-order valence-electron chi connectivity index (χ2n) is 8.64. The minimum Gasteiger partial charge on any atom is -0.362 e. The zero-order valence-corrected chi connectivity index (χ0v) is 23.6. The van der Waals surface area contributed by atoms with Crippen molar-refractivity contribution >= 4 is 51.4 Å². The molecular formula is C26H34Cl2N6O4. The summed E-state index contributed by atoms with van der Waals surface area (Å²) in [5, 5.41) is 13.4. The molecule has 1 saturated heterocycles. The van der Waals surface area contributed by atoms with Crippen molar-refractivity contribution in [2.75, 3.05) is 51.7 Å². The lowest BCUT2D eigenvalue weighted by molar-refractivity contribution is -0.385. The summed E-state index contributed by atoms with van der Waals surface area (Å²) in [7, 11) is 3.77. The molecule has 3 aromatic rings. The number of amides is 1. The van der Waals surface area contributed by atoms with Crippen molar-refractivity contribution in [3.8, 4) is 0 Å². The number of pyridine rings is 1. The van der Waals surface area contributed by atoms with Crippen molar-refractivity contribution < 1.29 is 9.72 Å². The van der Waals surface area contributed by atoms with Crippen LogP contribution in [0.5, 0.6) is 0 Å². The first-order valence-electron chi connectivity index (χ1n) is 12.1. The molecule has 0 unspecified atom stereocenters. The molecule has 0 radical (unpaired) electrons. The van der Waals surface area contributed by atoms with E-state index < -0.39 is 16.2 Å². The van der Waals surface area contributed by atoms with Gasteiger partial charge < -0.3 is 25.4 Å². The van der Waals surface area contributed by atoms with Gasteiger partial charge in [-0.15, -0.1) is 0 Å². The zero-order chi connectivity index (χ0) is 27.3. The summed E-state index contributed by atoms with van der Waals surface area (Å²) in [4.78, 5) is 43.2. The fraction of sp³-hybridized carbons (Fsp3) is 0.385. The Morgan fingerprint density at radius 2 is 1.66 bits per heavy atom. The smallest absolute Gasteiger partial charge is 0.357 e. The monoisotopic (exact) mass is 564 g/mol. The Labute approximate surface area is 232 Å². The number of hydrogen-bond donors (Lipinski definition) is 1. The number of nitro groups is 1. The van der Waals surface area contributed by atoms with Crippen LogP contribution in [-0.2, 0) is 6.54 Å². The number of hydrogen-bond acceptors (Lipinski definition) is 7. The highest BCUT2D eigenvalue weighted by Crippen LogP contribution is 2.34. The number of halogens is 2. The molecule has 1 fully saturated rings. The Morgan fingerprint density at radius 3 is 2.24 bits per heavy atom. The van der Waals surface area contributed by atoms with E-state index >= 15 is 0 Å². The van der Waals surface area contributed by atoms with Gasteiger partial charge in [-0.05, 0) is 38.4 Å². The standard InChI is InChI=1S/C24H25Cl2N5O4.C2H6.H3N/c1-27(2)9-14-30-20-6-4-3-5-17(20)21(22(24(30)33)31(34)35)28-10-12-29(13-11-28)23(32)16-7-8-18(25)19(26)15-16;1-2;/h3-8,15H,9-14H2,1-2H3;1-2H3;1H3. The second kappa shape index (κ2) is 13.6. The molecule has 0 aliphatic carbocycles. The maximum Gasteiger partial charge on any atom is 0.357 e. The molecule has 1 amide bonds. The number of carbonyl (C=O) groups is 1. The molecule has 2 heterocycles. The van der Waals surface area contributed by atoms with Crippen LogP contribution >= 0.6 is 23.2 Å². The van der Waals surface area contributed by atoms with Crippen LogP contribution in [0.2, 0.25) is 10.0 Å². The molecule has 3 N–H and O–H groups in total. The number of aromatic nitrogens is 1. The Bertz CT molecular complexity index is 1350. The van der Waals surface area contributed by atoms with Crippen LogP contribution in [0.4, 0.5) is 11.4 Å². The van der Waals surface area contributed by atoms with Gasteiger partial charge in [0.2, 0.25) is 0 Å². The molecular weight excluding hydrogens is 531 g/mol. The van der Waals surface area contributed by atoms with Crippen LogP contribution in [0.25, 0.3) is 10.9 Å². The van der Waals surface area contributed by atoms with Gasteiger partial charge in [0.25, 0.3) is 5.91 Å². The number of nitrogens with zero attached hydrogens (tertiary/aromatic N) is 5. The van der Waals surface area contributed by atoms with Crippen LogP contribution in [0.1, 0.15) is 24.2 Å². The van der Waals surface area contributed by atoms with Crippen LogP contribution in [0.15, 0.2) is 47.3 Å². The molecule has 1 aliphatic heterocycles. The largest absolute Gasteiger partial charge is 0.362 e. The van der Waals surface area contributed by atoms with Crippen molar-refractivity contribution in [2.45, 2.75) is 20.4 Å². The molecule has 0 spiro atoms. The molecule has 10 nitrogen and oxygen atoms in total. The number of rotatable bonds is 6. The molecule has 206 valence electrons. The number of piperazine rings is 1. The quantitative estimate of drug-likeness (QED) is 0.332. The first kappa shape index (κ1) is 31.0. The molecule has 4 rings (SSSR count). The summed E-state index contributed by atoms with van der Waals surface area (Å²) < 4.78 is 1.47. The first-order chi connectivity index (χ1) is 17.7. The van der Waals surface area contributed by atoms with E-state index in [1.807, 2.05) is 49.9 Å². The minimum atomic E-state index is -0.625. The van der Waals surface area contributed by atoms with E-state index in [0.717, 1.165) is 0 Å². The minimum absolute atomic E-state index is 0. The summed E-state index contributed by atoms with van der Waals surface area (Å²) in [5.74, 6) is -0.193. The van der Waals surface area contributed by atoms with Gasteiger partial charge in [-0.3, -0.25) is 19.7 Å². The lowest BCUT2D eigenvalue weighted by Crippen LogP contribution is -2.49. The lowest BCUT2D eigenvalue weighted by atomic mass is 10.1. The van der Waals surface area contributed by atoms with E-state index in [1.54, 1.807) is 29.2 Å². The Morgan fingerprint density at radius 1 is 1.03 bits per heavy atom. The average molecular weight is 566 g/mol. The predicted octanol–water partition coefficient (Wildman–Crippen LogP) is 4.93. The van der Waals surface area contributed by atoms with Gasteiger partial charge in [0.05, 0.1) is 20.5 Å². The molecule has 12 heteroatoms. The van der Waals surface area contributed by atoms with E-state index in [-0.39, 0.29) is 12.1 Å². The van der Waals surface area contributed by atoms with Gasteiger partial charge in [-0.1, -0.05) is 55.2 Å². The number of benzene rings is 2. The Balaban J connectivity index is 0.00000165. The number of anilines is 1. The van der Waals surface area contributed by atoms with E-state index in [2.05, 4.69) is 0 Å². The third-order valence-electron chi connectivity index (χ3n) is 6.13. The molecule has 2 aromatic carbocycles. The highest BCUT2D eigenvalue weighted by atomic mass is 35.5. The molecule has 0 saturated carbocycles. The van der Waals surface area contributed by atoms with E-state index in [0.29, 0.717) is 71.5 Å². The SMILES string of the molecule is CC.CN(C)CCn1c(=O)c([N+](=O)[O-])c(N2CCN(C(=O)c3ccc(Cl)c(Cl)c3)CC2)c2ccccc21.N. The Hall–Kier alpha value is -3.18. The van der Waals surface area contributed by atoms with Crippen molar-refractivity contribution in [1.29, 1.82) is 0 Å². The van der Waals surface area contributed by atoms with Crippen molar-refractivity contribution in [2.24, 2.45) is 0 Å². The van der Waals surface area contributed by atoms with Gasteiger partial charge in [-0.25, -0.2) is 0 Å². The number of carbonyl (C=O) groups excluding carboxylic acids is 1. The maximum absolute atomic E-state index is 13.3. The van der Waals surface area contributed by atoms with Gasteiger partial charge in [0.1, 0.15) is 5.69 Å². The number of likely N-dealkylation sites (N-methyl/N-ethyl adjacent to an activating group) is 1. The summed E-state index contributed by atoms with van der Waals surface area (Å²) in [6, 6.07) is 12.0. The predicted molar refractivity (Wildman–Crippen MR) is 154 cm³/mol. The fourth-order valence-corrected chi connectivity index (χ4v) is 4.62. The number of para-hydroxylation sites is 1. The van der Waals surface area contributed by atoms with Crippen LogP contribution in [0, 0.1) is 10.1 Å². The van der Waals surface area contributed by atoms with Crippen LogP contribution in [0.3, 0.4) is 0 Å². The van der Waals surface area contributed by atoms with Gasteiger partial charge in [0.15, 0.2) is 0 Å². The van der Waals surface area contributed by atoms with Crippen LogP contribution in [-0.4, -0.2) is 72.0 Å². The van der Waals surface area contributed by atoms with E-state index in [4.69, 9.17) is 23.2 Å². The molecule has 1 aliphatic rings. The molecule has 0 bridgehead atoms. The van der Waals surface area contributed by atoms with E-state index in [9.17, 15) is 19.7 Å². The molecule has 1 aromatic heterocycles. The summed E-state index contributed by atoms with van der Waals surface area (Å²) in [6.45, 7) is 6.27. The third-order valence-corrected chi connectivity index (χ3v) is 6.86. The second-order valence-corrected chi connectivity index (χ2v) is 9.45. The topological polar surface area (TPSA) is 127 Å². The zero-order valence-electron chi connectivity index (χ0n) is 22.1. The van der Waals surface area contributed by atoms with Gasteiger partial charge >= 0.3 is 11.2 Å². The third kappa shape index (κ3) is 6.44. The lowest BCUT2D eigenvalue weighted by Gasteiger charge is -2.36. The van der Waals surface area contributed by atoms with Crippen molar-refractivity contribution in [3.05, 3.63) is 78.5 Å². The normalized spacial score (nSPS) is 13.1. The average Bonchev–Trinajstić information content (AvgIpc) is 2.89. The fourth-order valence-electron chi connectivity index (χ4n) is 4.33.